The number of nitrogens with zero attached hydrogens (tertiary/aromatic N) is 6. The number of aryl methyl sites for hydroxylation is 3. The summed E-state index contributed by atoms with van der Waals surface area (Å²) in [6.45, 7) is 1.95. The Hall–Kier alpha value is -8.74. The van der Waals surface area contributed by atoms with Gasteiger partial charge in [0.25, 0.3) is 0 Å². The number of anilines is 1. The molecule has 0 spiro atoms. The van der Waals surface area contributed by atoms with E-state index in [2.05, 4.69) is 160 Å². The fraction of sp³-hybridized carbons (Fsp3) is 0.177. The topological polar surface area (TPSA) is 132 Å². The Balaban J connectivity index is 0.861. The van der Waals surface area contributed by atoms with Crippen molar-refractivity contribution in [2.45, 2.75) is 32.1 Å². The standard InChI is InChI=1S/C62H56ClN10O2/c1-71-33-24-42(25-34-71)60-51-17-15-49(67-51)59(41-9-12-46(13-10-41)75-39-7-4-8-58(74)66-31-6-5-30-64-48-23-32-65-57-40-45(63)11-14-47(48)57)50-16-18-52(68-50)61(43-26-35-72(2)36-27-43)54-20-22-56(70-54)62(55-21-19-53(60)69-55)44-28-37-73(3)38-29-44/h9-29,32-38,40H,4-8,30-31,39H2,1-3H3,(H2-,64,65,66,67,68,69,70,74)/q+1/p+2. The van der Waals surface area contributed by atoms with Crippen LogP contribution in [0.1, 0.15) is 54.9 Å². The molecule has 0 fully saturated rings. The summed E-state index contributed by atoms with van der Waals surface area (Å²) in [7, 11) is 6.08. The van der Waals surface area contributed by atoms with Crippen molar-refractivity contribution in [2.75, 3.05) is 25.0 Å². The average molecular weight is 1010 g/mol. The van der Waals surface area contributed by atoms with E-state index in [-0.39, 0.29) is 5.91 Å². The van der Waals surface area contributed by atoms with Crippen LogP contribution in [-0.2, 0) is 25.9 Å². The lowest BCUT2D eigenvalue weighted by molar-refractivity contribution is -0.671. The first-order chi connectivity index (χ1) is 36.7. The van der Waals surface area contributed by atoms with Gasteiger partial charge in [-0.2, -0.15) is 0 Å². The second kappa shape index (κ2) is 21.8. The zero-order valence-corrected chi connectivity index (χ0v) is 43.0. The van der Waals surface area contributed by atoms with Gasteiger partial charge in [0, 0.05) is 123 Å². The maximum absolute atomic E-state index is 12.7. The van der Waals surface area contributed by atoms with E-state index in [9.17, 15) is 4.79 Å². The second-order valence-corrected chi connectivity index (χ2v) is 19.5. The highest BCUT2D eigenvalue weighted by Crippen LogP contribution is 2.38. The van der Waals surface area contributed by atoms with Crippen LogP contribution in [0.15, 0.2) is 153 Å². The highest BCUT2D eigenvalue weighted by molar-refractivity contribution is 6.31. The molecule has 9 heterocycles. The number of hydrogen-bond acceptors (Lipinski definition) is 6. The molecule has 0 saturated heterocycles. The molecule has 8 bridgehead atoms. The van der Waals surface area contributed by atoms with Crippen LogP contribution < -0.4 is 29.1 Å². The molecule has 0 radical (unpaired) electrons. The zero-order valence-electron chi connectivity index (χ0n) is 42.3. The summed E-state index contributed by atoms with van der Waals surface area (Å²) in [5.74, 6) is 0.829. The largest absolute Gasteiger partial charge is 0.494 e. The maximum atomic E-state index is 12.7. The average Bonchev–Trinajstić information content (AvgIpc) is 4.28. The number of amides is 1. The van der Waals surface area contributed by atoms with Crippen molar-refractivity contribution in [1.82, 2.24) is 30.2 Å². The summed E-state index contributed by atoms with van der Waals surface area (Å²) in [5.41, 5.74) is 17.1. The van der Waals surface area contributed by atoms with E-state index in [0.717, 1.165) is 144 Å². The van der Waals surface area contributed by atoms with E-state index >= 15 is 0 Å². The van der Waals surface area contributed by atoms with Crippen molar-refractivity contribution in [2.24, 2.45) is 21.1 Å². The molecule has 9 aromatic rings. The number of carbonyl (C=O) groups is 1. The summed E-state index contributed by atoms with van der Waals surface area (Å²) in [5, 5.41) is 8.29. The first-order valence-electron chi connectivity index (χ1n) is 25.5. The van der Waals surface area contributed by atoms with E-state index < -0.39 is 0 Å². The zero-order chi connectivity index (χ0) is 51.3. The van der Waals surface area contributed by atoms with Crippen LogP contribution in [0.25, 0.3) is 102 Å². The van der Waals surface area contributed by atoms with Crippen LogP contribution in [0.4, 0.5) is 5.69 Å². The second-order valence-electron chi connectivity index (χ2n) is 19.1. The van der Waals surface area contributed by atoms with E-state index in [1.54, 1.807) is 6.20 Å². The number of hydrogen-bond donors (Lipinski definition) is 4. The van der Waals surface area contributed by atoms with Gasteiger partial charge in [0.05, 0.1) is 34.9 Å². The molecule has 2 aliphatic rings. The lowest BCUT2D eigenvalue weighted by Crippen LogP contribution is -2.25. The molecule has 372 valence electrons. The molecule has 75 heavy (non-hydrogen) atoms. The van der Waals surface area contributed by atoms with Gasteiger partial charge < -0.3 is 25.3 Å². The lowest BCUT2D eigenvalue weighted by Gasteiger charge is -2.10. The van der Waals surface area contributed by atoms with Crippen LogP contribution in [0.5, 0.6) is 5.75 Å². The molecule has 2 aliphatic heterocycles. The van der Waals surface area contributed by atoms with Crippen LogP contribution in [-0.4, -0.2) is 50.5 Å². The van der Waals surface area contributed by atoms with Crippen molar-refractivity contribution in [1.29, 1.82) is 0 Å². The Kier molecular flexibility index (Phi) is 14.1. The number of nitrogens with one attached hydrogen (secondary N) is 4. The SMILES string of the molecule is C[n+]1ccc(-c2c3nc(c(-c4cc[n+](C)cc4)c4ccc([nH]4)c(-c4cc[n+](C)cc4)c4nc(c(-c5ccc(OCCCCC(=O)NCCCCNc6ccnc7cc(Cl)ccc67)cc5)c5ccc2[nH]5)C=C4)C=C3)cc1. The fourth-order valence-electron chi connectivity index (χ4n) is 9.78. The molecule has 11 rings (SSSR count). The van der Waals surface area contributed by atoms with Crippen LogP contribution in [0, 0.1) is 0 Å². The molecule has 13 heteroatoms. The van der Waals surface area contributed by atoms with Crippen molar-refractivity contribution < 1.29 is 23.2 Å². The number of halogens is 1. The van der Waals surface area contributed by atoms with E-state index in [1.165, 1.54) is 0 Å². The van der Waals surface area contributed by atoms with Crippen molar-refractivity contribution >= 4 is 80.5 Å². The normalized spacial score (nSPS) is 11.8. The van der Waals surface area contributed by atoms with Gasteiger partial charge in [-0.1, -0.05) is 23.7 Å². The van der Waals surface area contributed by atoms with E-state index in [4.69, 9.17) is 26.3 Å². The molecule has 0 aliphatic carbocycles. The van der Waals surface area contributed by atoms with Gasteiger partial charge in [-0.05, 0) is 133 Å². The predicted octanol–water partition coefficient (Wildman–Crippen LogP) is 11.6. The monoisotopic (exact) mass is 1010 g/mol. The van der Waals surface area contributed by atoms with E-state index in [1.807, 2.05) is 71.2 Å². The third kappa shape index (κ3) is 10.8. The number of ether oxygens (including phenoxy) is 1. The van der Waals surface area contributed by atoms with Gasteiger partial charge in [0.2, 0.25) is 5.91 Å². The molecule has 7 aromatic heterocycles. The van der Waals surface area contributed by atoms with Gasteiger partial charge in [-0.3, -0.25) is 9.78 Å². The van der Waals surface area contributed by atoms with Gasteiger partial charge >= 0.3 is 0 Å². The molecule has 12 nitrogen and oxygen atoms in total. The molecule has 1 amide bonds. The highest BCUT2D eigenvalue weighted by atomic mass is 35.5. The molecule has 0 atom stereocenters. The number of H-pyrrole nitrogens is 2. The summed E-state index contributed by atoms with van der Waals surface area (Å²) < 4.78 is 12.4. The third-order valence-electron chi connectivity index (χ3n) is 13.7. The number of benzene rings is 2. The number of unbranched alkanes of at least 4 members (excludes halogenated alkanes) is 2. The Labute approximate surface area is 440 Å². The molecule has 4 N–H and O–H groups in total. The van der Waals surface area contributed by atoms with Gasteiger partial charge in [-0.15, -0.1) is 0 Å². The Bertz CT molecular complexity index is 3760. The van der Waals surface area contributed by atoms with Crippen LogP contribution >= 0.6 is 11.6 Å². The minimum Gasteiger partial charge on any atom is -0.494 e. The van der Waals surface area contributed by atoms with Crippen molar-refractivity contribution in [3.8, 4) is 50.3 Å². The summed E-state index contributed by atoms with van der Waals surface area (Å²) in [4.78, 5) is 35.7. The quantitative estimate of drug-likeness (QED) is 0.0563. The first kappa shape index (κ1) is 48.5. The molecular formula is C62H58ClN10O2+3. The Morgan fingerprint density at radius 1 is 0.547 bits per heavy atom. The Morgan fingerprint density at radius 3 is 1.51 bits per heavy atom. The highest BCUT2D eigenvalue weighted by Gasteiger charge is 2.20. The first-order valence-corrected chi connectivity index (χ1v) is 25.9. The van der Waals surface area contributed by atoms with Crippen molar-refractivity contribution in [3.05, 3.63) is 180 Å². The summed E-state index contributed by atoms with van der Waals surface area (Å²) in [6, 6.07) is 37.4. The molecule has 0 unspecified atom stereocenters. The number of aromatic amines is 2. The van der Waals surface area contributed by atoms with Crippen LogP contribution in [0.2, 0.25) is 5.02 Å². The fourth-order valence-corrected chi connectivity index (χ4v) is 9.95. The lowest BCUT2D eigenvalue weighted by atomic mass is 10.0. The number of pyridine rings is 4. The number of fused-ring (bicyclic) bond motifs is 9. The Morgan fingerprint density at radius 2 is 1.01 bits per heavy atom. The number of rotatable bonds is 16. The predicted molar refractivity (Wildman–Crippen MR) is 301 cm³/mol. The number of aromatic nitrogens is 8. The van der Waals surface area contributed by atoms with Gasteiger partial charge in [0.1, 0.15) is 26.9 Å². The summed E-state index contributed by atoms with van der Waals surface area (Å²) in [6.07, 6.45) is 26.5. The van der Waals surface area contributed by atoms with Gasteiger partial charge in [-0.25, -0.2) is 23.7 Å². The molecule has 2 aromatic carbocycles. The van der Waals surface area contributed by atoms with E-state index in [0.29, 0.717) is 24.6 Å². The van der Waals surface area contributed by atoms with Gasteiger partial charge in [0.15, 0.2) is 37.2 Å². The molecular weight excluding hydrogens is 952 g/mol. The minimum atomic E-state index is 0.0658. The maximum Gasteiger partial charge on any atom is 0.219 e. The van der Waals surface area contributed by atoms with Crippen LogP contribution in [0.3, 0.4) is 0 Å². The third-order valence-corrected chi connectivity index (χ3v) is 13.9. The van der Waals surface area contributed by atoms with Crippen molar-refractivity contribution in [3.63, 3.8) is 0 Å². The smallest absolute Gasteiger partial charge is 0.219 e. The molecule has 0 saturated carbocycles. The summed E-state index contributed by atoms with van der Waals surface area (Å²) >= 11 is 6.15. The minimum absolute atomic E-state index is 0.0658. The number of carbonyl (C=O) groups excluding carboxylic acids is 1.